The smallest absolute Gasteiger partial charge is 0.450 e. The predicted molar refractivity (Wildman–Crippen MR) is 17.8 cm³/mol. The Labute approximate surface area is 83.8 Å². The summed E-state index contributed by atoms with van der Waals surface area (Å²) in [5, 5.41) is 13.9. The molecule has 0 atom stereocenters. The molecule has 0 aliphatic heterocycles. The van der Waals surface area contributed by atoms with E-state index in [1.165, 1.54) is 0 Å². The van der Waals surface area contributed by atoms with E-state index in [0.717, 1.165) is 0 Å². The summed E-state index contributed by atoms with van der Waals surface area (Å²) in [7, 11) is -1.42. The van der Waals surface area contributed by atoms with Crippen molar-refractivity contribution in [1.29, 1.82) is 0 Å². The summed E-state index contributed by atoms with van der Waals surface area (Å²) in [6, 6.07) is 0. The van der Waals surface area contributed by atoms with Gasteiger partial charge in [-0.3, -0.25) is 8.92 Å². The predicted octanol–water partition coefficient (Wildman–Crippen LogP) is -0.401. The molecule has 9 heavy (non-hydrogen) atoms. The second-order valence-corrected chi connectivity index (χ2v) is 0.533. The van der Waals surface area contributed by atoms with Crippen molar-refractivity contribution >= 4 is 15.4 Å². The average Bonchev–Trinajstić information content (AvgIpc) is 1.33. The van der Waals surface area contributed by atoms with E-state index in [4.69, 9.17) is 23.9 Å². The third-order valence-corrected chi connectivity index (χ3v) is 0. The van der Waals surface area contributed by atoms with Crippen LogP contribution in [0.25, 0.3) is 0 Å². The zero-order valence-electron chi connectivity index (χ0n) is 3.72. The van der Waals surface area contributed by atoms with Gasteiger partial charge in [0.1, 0.15) is 0 Å². The van der Waals surface area contributed by atoms with Gasteiger partial charge >= 0.3 is 15.4 Å². The maximum atomic E-state index is 8.56. The van der Waals surface area contributed by atoms with Crippen LogP contribution in [0.5, 0.6) is 0 Å². The van der Waals surface area contributed by atoms with Crippen molar-refractivity contribution in [2.45, 2.75) is 0 Å². The van der Waals surface area contributed by atoms with E-state index in [1.807, 2.05) is 0 Å². The van der Waals surface area contributed by atoms with Gasteiger partial charge in [-0.2, -0.15) is 0 Å². The fraction of sp³-hybridized carbons (Fsp3) is 0. The Morgan fingerprint density at radius 2 is 1.11 bits per heavy atom. The summed E-state index contributed by atoms with van der Waals surface area (Å²) in [4.78, 5) is 8.56. The van der Waals surface area contributed by atoms with Gasteiger partial charge in [0.15, 0.2) is 0 Å². The van der Waals surface area contributed by atoms with Crippen molar-refractivity contribution in [3.63, 3.8) is 0 Å². The summed E-state index contributed by atoms with van der Waals surface area (Å²) in [5.74, 6) is 0. The van der Waals surface area contributed by atoms with Crippen LogP contribution in [0.3, 0.4) is 0 Å². The number of hydrogen-bond donors (Lipinski definition) is 2. The Bertz CT molecular complexity index is 83.0. The van der Waals surface area contributed by atoms with Gasteiger partial charge in [0.25, 0.3) is 0 Å². The molecule has 8 heteroatoms. The van der Waals surface area contributed by atoms with Crippen molar-refractivity contribution in [3.8, 4) is 0 Å². The Hall–Kier alpha value is 0.567. The standard InChI is InChI=1S/CH2O3.2Ag.O2Si/c2-1(3)4;;;1-3-2/h(H2,2,3,4);;;. The van der Waals surface area contributed by atoms with Gasteiger partial charge in [0.05, 0.1) is 0 Å². The monoisotopic (exact) mass is 336 g/mol. The van der Waals surface area contributed by atoms with E-state index in [0.29, 0.717) is 0 Å². The van der Waals surface area contributed by atoms with E-state index < -0.39 is 15.4 Å². The summed E-state index contributed by atoms with van der Waals surface area (Å²) in [6.45, 7) is 0. The molecule has 0 bridgehead atoms. The molecule has 62 valence electrons. The van der Waals surface area contributed by atoms with Crippen molar-refractivity contribution in [2.24, 2.45) is 0 Å². The molecule has 0 aliphatic rings. The largest absolute Gasteiger partial charge is 0.549 e. The maximum Gasteiger partial charge on any atom is 0.549 e. The SMILES string of the molecule is O=C(O)O.O=[Si]=O.[Ag].[Ag]. The molecule has 0 saturated heterocycles. The van der Waals surface area contributed by atoms with Crippen LogP contribution in [0.2, 0.25) is 0 Å². The summed E-state index contributed by atoms with van der Waals surface area (Å²) in [6.07, 6.45) is -1.83. The number of carboxylic acid groups (broad SMARTS) is 2. The van der Waals surface area contributed by atoms with Gasteiger partial charge in [0.2, 0.25) is 0 Å². The minimum Gasteiger partial charge on any atom is -0.450 e. The second-order valence-electron chi connectivity index (χ2n) is 0.366. The Morgan fingerprint density at radius 3 is 1.11 bits per heavy atom. The third kappa shape index (κ3) is 1150. The first-order chi connectivity index (χ1) is 3.15. The second kappa shape index (κ2) is 23.5. The maximum absolute atomic E-state index is 8.56. The molecule has 5 nitrogen and oxygen atoms in total. The minimum absolute atomic E-state index is 0. The van der Waals surface area contributed by atoms with E-state index in [2.05, 4.69) is 0 Å². The quantitative estimate of drug-likeness (QED) is 0.587. The van der Waals surface area contributed by atoms with E-state index in [9.17, 15) is 0 Å². The Morgan fingerprint density at radius 1 is 1.11 bits per heavy atom. The van der Waals surface area contributed by atoms with Gasteiger partial charge < -0.3 is 10.2 Å². The van der Waals surface area contributed by atoms with Gasteiger partial charge in [-0.15, -0.1) is 0 Å². The summed E-state index contributed by atoms with van der Waals surface area (Å²) < 4.78 is 16.8. The molecular formula is CH2Ag2O5Si. The van der Waals surface area contributed by atoms with Gasteiger partial charge in [0, 0.05) is 44.8 Å². The molecule has 0 spiro atoms. The van der Waals surface area contributed by atoms with Crippen LogP contribution in [0.15, 0.2) is 0 Å². The molecule has 0 aromatic rings. The molecule has 0 fully saturated rings. The molecular weight excluding hydrogens is 336 g/mol. The van der Waals surface area contributed by atoms with Crippen LogP contribution in [0, 0.1) is 0 Å². The molecule has 0 heterocycles. The first-order valence-corrected chi connectivity index (χ1v) is 1.88. The molecule has 0 rings (SSSR count). The van der Waals surface area contributed by atoms with Crippen LogP contribution in [0.1, 0.15) is 0 Å². The van der Waals surface area contributed by atoms with Crippen LogP contribution in [-0.2, 0) is 53.7 Å². The normalized spacial score (nSPS) is 3.56. The Kier molecular flexibility index (Phi) is 59.2. The van der Waals surface area contributed by atoms with Crippen LogP contribution in [-0.4, -0.2) is 25.7 Å². The molecule has 2 radical (unpaired) electrons. The van der Waals surface area contributed by atoms with E-state index >= 15 is 0 Å². The summed E-state index contributed by atoms with van der Waals surface area (Å²) >= 11 is 0. The van der Waals surface area contributed by atoms with Crippen LogP contribution >= 0.6 is 0 Å². The molecule has 0 unspecified atom stereocenters. The topological polar surface area (TPSA) is 91.7 Å². The van der Waals surface area contributed by atoms with Crippen LogP contribution < -0.4 is 0 Å². The van der Waals surface area contributed by atoms with Crippen LogP contribution in [0.4, 0.5) is 4.79 Å². The zero-order chi connectivity index (χ0) is 6.28. The molecule has 0 amide bonds. The minimum atomic E-state index is -1.83. The van der Waals surface area contributed by atoms with Crippen molar-refractivity contribution in [3.05, 3.63) is 0 Å². The van der Waals surface area contributed by atoms with Crippen molar-refractivity contribution in [1.82, 2.24) is 0 Å². The molecule has 0 aliphatic carbocycles. The van der Waals surface area contributed by atoms with Crippen molar-refractivity contribution < 1.29 is 68.7 Å². The first kappa shape index (κ1) is 22.7. The molecule has 2 N–H and O–H groups in total. The molecule has 0 saturated carbocycles. The fourth-order valence-electron chi connectivity index (χ4n) is 0. The van der Waals surface area contributed by atoms with Crippen molar-refractivity contribution in [2.75, 3.05) is 0 Å². The number of carbonyl (C=O) groups is 1. The average molecular weight is 338 g/mol. The van der Waals surface area contributed by atoms with Gasteiger partial charge in [-0.25, -0.2) is 4.79 Å². The van der Waals surface area contributed by atoms with Gasteiger partial charge in [-0.1, -0.05) is 0 Å². The molecule has 0 aromatic heterocycles. The zero-order valence-corrected chi connectivity index (χ0v) is 7.69. The Balaban J connectivity index is -0.0000000233. The van der Waals surface area contributed by atoms with E-state index in [-0.39, 0.29) is 44.8 Å². The summed E-state index contributed by atoms with van der Waals surface area (Å²) in [5.41, 5.74) is 0. The number of hydrogen-bond acceptors (Lipinski definition) is 3. The fourth-order valence-corrected chi connectivity index (χ4v) is 0. The van der Waals surface area contributed by atoms with E-state index in [1.54, 1.807) is 0 Å². The molecule has 0 aromatic carbocycles. The first-order valence-electron chi connectivity index (χ1n) is 1.06. The number of rotatable bonds is 0. The van der Waals surface area contributed by atoms with Gasteiger partial charge in [-0.05, 0) is 0 Å². The third-order valence-electron chi connectivity index (χ3n) is 0.